The third-order valence-corrected chi connectivity index (χ3v) is 2.56. The molecule has 0 saturated heterocycles. The van der Waals surface area contributed by atoms with Crippen molar-refractivity contribution in [2.45, 2.75) is 0 Å². The molecule has 0 saturated carbocycles. The average molecular weight is 302 g/mol. The molecular formula is C13H7F5N2O. The first-order chi connectivity index (χ1) is 9.79. The van der Waals surface area contributed by atoms with E-state index in [1.54, 1.807) is 0 Å². The van der Waals surface area contributed by atoms with Crippen LogP contribution in [0.15, 0.2) is 24.3 Å². The maximum atomic E-state index is 13.5. The zero-order chi connectivity index (χ0) is 15.7. The molecule has 0 radical (unpaired) electrons. The number of rotatable bonds is 2. The SMILES string of the molecule is Nc1cc(F)cc(F)c1NC(=O)c1c(F)cc(F)cc1F. The number of hydrogen-bond donors (Lipinski definition) is 2. The van der Waals surface area contributed by atoms with Crippen molar-refractivity contribution in [1.29, 1.82) is 0 Å². The molecule has 0 aliphatic heterocycles. The Kier molecular flexibility index (Phi) is 3.79. The minimum absolute atomic E-state index is 0.294. The second kappa shape index (κ2) is 5.39. The van der Waals surface area contributed by atoms with Gasteiger partial charge in [-0.05, 0) is 6.07 Å². The van der Waals surface area contributed by atoms with E-state index >= 15 is 0 Å². The van der Waals surface area contributed by atoms with Gasteiger partial charge >= 0.3 is 0 Å². The molecule has 0 aliphatic rings. The first-order valence-electron chi connectivity index (χ1n) is 5.50. The monoisotopic (exact) mass is 302 g/mol. The Morgan fingerprint density at radius 1 is 0.857 bits per heavy atom. The number of nitrogens with one attached hydrogen (secondary N) is 1. The first kappa shape index (κ1) is 14.8. The van der Waals surface area contributed by atoms with Gasteiger partial charge in [-0.25, -0.2) is 22.0 Å². The van der Waals surface area contributed by atoms with Crippen molar-refractivity contribution in [3.8, 4) is 0 Å². The average Bonchev–Trinajstić information content (AvgIpc) is 2.32. The van der Waals surface area contributed by atoms with E-state index in [0.29, 0.717) is 18.2 Å². The van der Waals surface area contributed by atoms with Gasteiger partial charge in [-0.1, -0.05) is 0 Å². The van der Waals surface area contributed by atoms with Gasteiger partial charge in [0.25, 0.3) is 5.91 Å². The molecule has 0 spiro atoms. The summed E-state index contributed by atoms with van der Waals surface area (Å²) in [6.45, 7) is 0. The Morgan fingerprint density at radius 3 is 1.86 bits per heavy atom. The number of benzene rings is 2. The predicted molar refractivity (Wildman–Crippen MR) is 65.0 cm³/mol. The number of nitrogen functional groups attached to an aromatic ring is 1. The van der Waals surface area contributed by atoms with E-state index in [2.05, 4.69) is 0 Å². The third-order valence-electron chi connectivity index (χ3n) is 2.56. The first-order valence-corrected chi connectivity index (χ1v) is 5.50. The zero-order valence-electron chi connectivity index (χ0n) is 10.2. The molecule has 0 aromatic heterocycles. The number of amides is 1. The molecule has 0 bridgehead atoms. The number of nitrogens with two attached hydrogens (primary N) is 1. The fourth-order valence-electron chi connectivity index (χ4n) is 1.66. The van der Waals surface area contributed by atoms with E-state index in [1.165, 1.54) is 0 Å². The van der Waals surface area contributed by atoms with Crippen LogP contribution in [0.2, 0.25) is 0 Å². The summed E-state index contributed by atoms with van der Waals surface area (Å²) in [7, 11) is 0. The van der Waals surface area contributed by atoms with E-state index in [9.17, 15) is 26.7 Å². The van der Waals surface area contributed by atoms with Gasteiger partial charge in [0.2, 0.25) is 0 Å². The normalized spacial score (nSPS) is 10.5. The number of carbonyl (C=O) groups is 1. The van der Waals surface area contributed by atoms with Crippen molar-refractivity contribution in [3.63, 3.8) is 0 Å². The number of hydrogen-bond acceptors (Lipinski definition) is 2. The number of anilines is 2. The highest BCUT2D eigenvalue weighted by molar-refractivity contribution is 6.06. The molecule has 0 aliphatic carbocycles. The van der Waals surface area contributed by atoms with Gasteiger partial charge in [0.05, 0.1) is 5.69 Å². The highest BCUT2D eigenvalue weighted by Crippen LogP contribution is 2.25. The molecule has 8 heteroatoms. The largest absolute Gasteiger partial charge is 0.397 e. The molecule has 0 fully saturated rings. The molecule has 0 unspecified atom stereocenters. The molecule has 2 rings (SSSR count). The fraction of sp³-hybridized carbons (Fsp3) is 0. The van der Waals surface area contributed by atoms with Crippen LogP contribution in [-0.4, -0.2) is 5.91 Å². The quantitative estimate of drug-likeness (QED) is 0.661. The molecule has 2 aromatic rings. The maximum absolute atomic E-state index is 13.5. The molecule has 3 nitrogen and oxygen atoms in total. The van der Waals surface area contributed by atoms with E-state index in [0.717, 1.165) is 6.07 Å². The molecule has 0 heterocycles. The lowest BCUT2D eigenvalue weighted by Crippen LogP contribution is -2.18. The Morgan fingerprint density at radius 2 is 1.33 bits per heavy atom. The van der Waals surface area contributed by atoms with Gasteiger partial charge in [-0.15, -0.1) is 0 Å². The second-order valence-corrected chi connectivity index (χ2v) is 4.05. The van der Waals surface area contributed by atoms with Crippen LogP contribution in [0.5, 0.6) is 0 Å². The van der Waals surface area contributed by atoms with Crippen LogP contribution in [0, 0.1) is 29.1 Å². The summed E-state index contributed by atoms with van der Waals surface area (Å²) >= 11 is 0. The van der Waals surface area contributed by atoms with E-state index in [-0.39, 0.29) is 0 Å². The summed E-state index contributed by atoms with van der Waals surface area (Å²) in [5, 5.41) is 1.82. The van der Waals surface area contributed by atoms with E-state index in [1.807, 2.05) is 5.32 Å². The van der Waals surface area contributed by atoms with Gasteiger partial charge in [0.1, 0.15) is 34.5 Å². The Hall–Kier alpha value is -2.64. The van der Waals surface area contributed by atoms with Gasteiger partial charge in [0.15, 0.2) is 5.82 Å². The van der Waals surface area contributed by atoms with Crippen LogP contribution in [-0.2, 0) is 0 Å². The topological polar surface area (TPSA) is 55.1 Å². The van der Waals surface area contributed by atoms with Crippen LogP contribution < -0.4 is 11.1 Å². The lowest BCUT2D eigenvalue weighted by Gasteiger charge is -2.10. The Balaban J connectivity index is 2.40. The molecule has 2 aromatic carbocycles. The second-order valence-electron chi connectivity index (χ2n) is 4.05. The standard InChI is InChI=1S/C13H7F5N2O/c14-5-1-7(16)11(8(17)2-5)13(21)20-12-9(18)3-6(15)4-10(12)19/h1-4H,19H2,(H,20,21). The van der Waals surface area contributed by atoms with Gasteiger partial charge < -0.3 is 11.1 Å². The van der Waals surface area contributed by atoms with E-state index in [4.69, 9.17) is 5.73 Å². The lowest BCUT2D eigenvalue weighted by molar-refractivity contribution is 0.101. The molecule has 1 amide bonds. The van der Waals surface area contributed by atoms with Crippen LogP contribution in [0.25, 0.3) is 0 Å². The smallest absolute Gasteiger partial charge is 0.261 e. The minimum atomic E-state index is -1.47. The number of halogens is 5. The van der Waals surface area contributed by atoms with Crippen LogP contribution in [0.1, 0.15) is 10.4 Å². The van der Waals surface area contributed by atoms with Crippen molar-refractivity contribution in [2.24, 2.45) is 0 Å². The van der Waals surface area contributed by atoms with Gasteiger partial charge in [0, 0.05) is 18.2 Å². The number of carbonyl (C=O) groups excluding carboxylic acids is 1. The molecule has 0 atom stereocenters. The molecule has 110 valence electrons. The Bertz CT molecular complexity index is 686. The van der Waals surface area contributed by atoms with Gasteiger partial charge in [-0.2, -0.15) is 0 Å². The highest BCUT2D eigenvalue weighted by atomic mass is 19.2. The van der Waals surface area contributed by atoms with Crippen molar-refractivity contribution in [2.75, 3.05) is 11.1 Å². The molecular weight excluding hydrogens is 295 g/mol. The molecule has 3 N–H and O–H groups in total. The maximum Gasteiger partial charge on any atom is 0.261 e. The van der Waals surface area contributed by atoms with Crippen molar-refractivity contribution in [1.82, 2.24) is 0 Å². The minimum Gasteiger partial charge on any atom is -0.397 e. The molecule has 21 heavy (non-hydrogen) atoms. The van der Waals surface area contributed by atoms with Crippen LogP contribution in [0.4, 0.5) is 33.3 Å². The van der Waals surface area contributed by atoms with Crippen LogP contribution >= 0.6 is 0 Å². The summed E-state index contributed by atoms with van der Waals surface area (Å²) in [5.41, 5.74) is 3.09. The zero-order valence-corrected chi connectivity index (χ0v) is 10.2. The highest BCUT2D eigenvalue weighted by Gasteiger charge is 2.21. The van der Waals surface area contributed by atoms with Crippen molar-refractivity contribution < 1.29 is 26.7 Å². The van der Waals surface area contributed by atoms with Gasteiger partial charge in [-0.3, -0.25) is 4.79 Å². The summed E-state index contributed by atoms with van der Waals surface area (Å²) < 4.78 is 65.9. The third kappa shape index (κ3) is 2.93. The lowest BCUT2D eigenvalue weighted by atomic mass is 10.1. The summed E-state index contributed by atoms with van der Waals surface area (Å²) in [6.07, 6.45) is 0. The van der Waals surface area contributed by atoms with Crippen molar-refractivity contribution in [3.05, 3.63) is 58.9 Å². The van der Waals surface area contributed by atoms with Crippen molar-refractivity contribution >= 4 is 17.3 Å². The summed E-state index contributed by atoms with van der Waals surface area (Å²) in [6, 6.07) is 1.74. The predicted octanol–water partition coefficient (Wildman–Crippen LogP) is 3.22. The fourth-order valence-corrected chi connectivity index (χ4v) is 1.66. The van der Waals surface area contributed by atoms with Crippen LogP contribution in [0.3, 0.4) is 0 Å². The summed E-state index contributed by atoms with van der Waals surface area (Å²) in [4.78, 5) is 11.7. The Labute approximate surface area is 115 Å². The summed E-state index contributed by atoms with van der Waals surface area (Å²) in [5.74, 6) is -7.74. The van der Waals surface area contributed by atoms with E-state index < -0.39 is 51.9 Å².